The highest BCUT2D eigenvalue weighted by Gasteiger charge is 2.35. The van der Waals surface area contributed by atoms with E-state index in [-0.39, 0.29) is 41.9 Å². The van der Waals surface area contributed by atoms with Crippen LogP contribution in [-0.4, -0.2) is 65.7 Å². The number of likely N-dealkylation sites (tertiary alicyclic amines) is 1. The molecule has 4 N–H and O–H groups in total. The first-order chi connectivity index (χ1) is 28.6. The van der Waals surface area contributed by atoms with Gasteiger partial charge < -0.3 is 29.8 Å². The number of rotatable bonds is 13. The van der Waals surface area contributed by atoms with Crippen LogP contribution in [0.15, 0.2) is 137 Å². The number of piperidine rings is 1. The number of hydrogen-bond acceptors (Lipinski definition) is 8. The lowest BCUT2D eigenvalue weighted by molar-refractivity contribution is -0.253. The Balaban J connectivity index is 0.961. The number of fused-ring (bicyclic) bond motifs is 1. The molecule has 6 aromatic rings. The number of carbonyl (C=O) groups is 1. The second kappa shape index (κ2) is 17.8. The zero-order valence-electron chi connectivity index (χ0n) is 32.9. The molecule has 2 fully saturated rings. The third kappa shape index (κ3) is 9.57. The molecule has 4 atom stereocenters. The fourth-order valence-electron chi connectivity index (χ4n) is 8.08. The number of amides is 1. The Labute approximate surface area is 343 Å². The summed E-state index contributed by atoms with van der Waals surface area (Å²) in [6, 6.07) is 37.6. The van der Waals surface area contributed by atoms with Gasteiger partial charge in [0.25, 0.3) is 0 Å². The Hall–Kier alpha value is -5.41. The van der Waals surface area contributed by atoms with E-state index in [1.165, 1.54) is 12.1 Å². The number of aryl methyl sites for hydroxylation is 1. The van der Waals surface area contributed by atoms with Gasteiger partial charge in [0.2, 0.25) is 15.9 Å². The van der Waals surface area contributed by atoms with Gasteiger partial charge in [-0.25, -0.2) is 13.2 Å². The van der Waals surface area contributed by atoms with Gasteiger partial charge in [0.1, 0.15) is 6.04 Å². The van der Waals surface area contributed by atoms with E-state index in [0.717, 1.165) is 64.8 Å². The van der Waals surface area contributed by atoms with Gasteiger partial charge in [-0.15, -0.1) is 0 Å². The Bertz CT molecular complexity index is 2520. The van der Waals surface area contributed by atoms with Crippen molar-refractivity contribution in [2.45, 2.75) is 74.7 Å². The van der Waals surface area contributed by atoms with Gasteiger partial charge in [0, 0.05) is 43.3 Å². The summed E-state index contributed by atoms with van der Waals surface area (Å²) in [4.78, 5) is 32.1. The monoisotopic (exact) mass is 815 g/mol. The summed E-state index contributed by atoms with van der Waals surface area (Å²) in [6.07, 6.45) is 1.33. The van der Waals surface area contributed by atoms with E-state index in [0.29, 0.717) is 18.7 Å². The number of benzene rings is 5. The van der Waals surface area contributed by atoms with Crippen molar-refractivity contribution in [3.63, 3.8) is 0 Å². The normalized spacial score (nSPS) is 19.7. The van der Waals surface area contributed by atoms with Crippen LogP contribution in [0.1, 0.15) is 65.5 Å². The molecular formula is C46H49N5O7S. The van der Waals surface area contributed by atoms with Gasteiger partial charge in [-0.1, -0.05) is 96.6 Å². The topological polar surface area (TPSA) is 155 Å². The van der Waals surface area contributed by atoms with Gasteiger partial charge in [0.05, 0.1) is 34.7 Å². The molecule has 1 amide bonds. The van der Waals surface area contributed by atoms with Crippen LogP contribution in [0.5, 0.6) is 0 Å². The van der Waals surface area contributed by atoms with E-state index >= 15 is 0 Å². The zero-order valence-corrected chi connectivity index (χ0v) is 33.7. The molecule has 3 heterocycles. The number of nitrogens with zero attached hydrogens (tertiary/aromatic N) is 2. The molecule has 2 aliphatic rings. The van der Waals surface area contributed by atoms with Crippen molar-refractivity contribution in [2.24, 2.45) is 0 Å². The fourth-order valence-corrected chi connectivity index (χ4v) is 9.28. The molecule has 8 rings (SSSR count). The van der Waals surface area contributed by atoms with Crippen LogP contribution in [0, 0.1) is 6.92 Å². The molecule has 306 valence electrons. The summed E-state index contributed by atoms with van der Waals surface area (Å²) in [5, 5.41) is 12.6. The maximum atomic E-state index is 13.8. The van der Waals surface area contributed by atoms with Crippen LogP contribution in [0.25, 0.3) is 11.0 Å². The first kappa shape index (κ1) is 40.4. The van der Waals surface area contributed by atoms with Gasteiger partial charge >= 0.3 is 5.69 Å². The molecule has 2 aliphatic heterocycles. The summed E-state index contributed by atoms with van der Waals surface area (Å²) in [5.41, 5.74) is 6.51. The first-order valence-corrected chi connectivity index (χ1v) is 21.6. The number of imidazole rings is 1. The number of sulfonamides is 1. The number of nitrogens with one attached hydrogen (secondary N) is 3. The van der Waals surface area contributed by atoms with Gasteiger partial charge in [0.15, 0.2) is 6.29 Å². The lowest BCUT2D eigenvalue weighted by Crippen LogP contribution is -2.45. The Morgan fingerprint density at radius 2 is 1.51 bits per heavy atom. The molecule has 0 aliphatic carbocycles. The highest BCUT2D eigenvalue weighted by Crippen LogP contribution is 2.39. The first-order valence-electron chi connectivity index (χ1n) is 20.1. The number of aliphatic hydroxyl groups is 1. The largest absolute Gasteiger partial charge is 0.392 e. The third-order valence-corrected chi connectivity index (χ3v) is 12.8. The number of aromatic amines is 1. The highest BCUT2D eigenvalue weighted by atomic mass is 32.2. The molecular weight excluding hydrogens is 767 g/mol. The van der Waals surface area contributed by atoms with Crippen molar-refractivity contribution in [2.75, 3.05) is 25.0 Å². The maximum absolute atomic E-state index is 13.8. The minimum Gasteiger partial charge on any atom is -0.392 e. The lowest BCUT2D eigenvalue weighted by atomic mass is 9.98. The zero-order chi connectivity index (χ0) is 40.9. The molecule has 1 aromatic heterocycles. The lowest BCUT2D eigenvalue weighted by Gasteiger charge is -2.40. The van der Waals surface area contributed by atoms with Crippen LogP contribution in [0.2, 0.25) is 0 Å². The summed E-state index contributed by atoms with van der Waals surface area (Å²) < 4.78 is 44.6. The quantitative estimate of drug-likeness (QED) is 0.103. The van der Waals surface area contributed by atoms with Crippen molar-refractivity contribution in [3.05, 3.63) is 166 Å². The minimum absolute atomic E-state index is 0.0463. The Morgan fingerprint density at radius 3 is 2.22 bits per heavy atom. The predicted octanol–water partition coefficient (Wildman–Crippen LogP) is 6.54. The summed E-state index contributed by atoms with van der Waals surface area (Å²) >= 11 is 0. The molecule has 2 saturated heterocycles. The second-order valence-electron chi connectivity index (χ2n) is 15.5. The van der Waals surface area contributed by atoms with Crippen LogP contribution >= 0.6 is 0 Å². The maximum Gasteiger partial charge on any atom is 0.326 e. The van der Waals surface area contributed by atoms with Crippen LogP contribution in [0.4, 0.5) is 5.69 Å². The standard InChI is InChI=1S/C46H49N5O7S/c1-31-11-21-39(22-12-31)59(55,56)49-41(27-32-7-3-2-4-8-32)44(53)47-36-19-17-35(18-20-36)45-57-38(28-43(58-45)34-15-13-33(30-52)14-16-34)29-50-25-23-37(24-26-50)51-42-10-6-5-9-40(42)48-46(51)54/h2-22,37-38,41,43,45,49,52H,23-30H2,1H3,(H,47,53)(H,48,54)/t38-,41-,43+,45+/m1/s1. The van der Waals surface area contributed by atoms with Crippen molar-refractivity contribution in [1.29, 1.82) is 0 Å². The van der Waals surface area contributed by atoms with E-state index in [1.807, 2.05) is 102 Å². The SMILES string of the molecule is Cc1ccc(S(=O)(=O)N[C@H](Cc2ccccc2)C(=O)Nc2ccc([C@H]3O[C@@H](CN4CCC(n5c(=O)[nH]c6ccccc65)CC4)C[C@@H](c4ccc(CO)cc4)O3)cc2)cc1. The third-order valence-electron chi connectivity index (χ3n) is 11.3. The number of anilines is 1. The number of carbonyl (C=O) groups excluding carboxylic acids is 1. The molecule has 0 bridgehead atoms. The van der Waals surface area contributed by atoms with Crippen molar-refractivity contribution >= 4 is 32.7 Å². The van der Waals surface area contributed by atoms with Crippen molar-refractivity contribution in [1.82, 2.24) is 19.2 Å². The minimum atomic E-state index is -4.00. The smallest absolute Gasteiger partial charge is 0.326 e. The summed E-state index contributed by atoms with van der Waals surface area (Å²) in [7, 11) is -4.00. The van der Waals surface area contributed by atoms with Gasteiger partial charge in [-0.3, -0.25) is 9.36 Å². The molecule has 0 radical (unpaired) electrons. The van der Waals surface area contributed by atoms with Crippen LogP contribution < -0.4 is 15.7 Å². The fraction of sp³-hybridized carbons (Fsp3) is 0.304. The summed E-state index contributed by atoms with van der Waals surface area (Å²) in [5.74, 6) is -0.493. The number of ether oxygens (including phenoxy) is 2. The number of hydrogen-bond donors (Lipinski definition) is 4. The Morgan fingerprint density at radius 1 is 0.831 bits per heavy atom. The van der Waals surface area contributed by atoms with Crippen LogP contribution in [0.3, 0.4) is 0 Å². The average molecular weight is 816 g/mol. The number of para-hydroxylation sites is 2. The molecule has 12 nitrogen and oxygen atoms in total. The molecule has 5 aromatic carbocycles. The van der Waals surface area contributed by atoms with E-state index in [4.69, 9.17) is 9.47 Å². The van der Waals surface area contributed by atoms with Gasteiger partial charge in [-0.05, 0) is 79.3 Å². The highest BCUT2D eigenvalue weighted by molar-refractivity contribution is 7.89. The number of aliphatic hydroxyl groups excluding tert-OH is 1. The molecule has 13 heteroatoms. The van der Waals surface area contributed by atoms with E-state index < -0.39 is 28.3 Å². The van der Waals surface area contributed by atoms with Gasteiger partial charge in [-0.2, -0.15) is 4.72 Å². The predicted molar refractivity (Wildman–Crippen MR) is 226 cm³/mol. The van der Waals surface area contributed by atoms with Crippen molar-refractivity contribution < 1.29 is 27.8 Å². The number of H-pyrrole nitrogens is 1. The molecule has 0 saturated carbocycles. The van der Waals surface area contributed by atoms with Crippen molar-refractivity contribution in [3.8, 4) is 0 Å². The van der Waals surface area contributed by atoms with E-state index in [1.54, 1.807) is 24.3 Å². The van der Waals surface area contributed by atoms with E-state index in [2.05, 4.69) is 19.9 Å². The molecule has 59 heavy (non-hydrogen) atoms. The summed E-state index contributed by atoms with van der Waals surface area (Å²) in [6.45, 7) is 4.16. The van der Waals surface area contributed by atoms with E-state index in [9.17, 15) is 23.1 Å². The molecule has 0 unspecified atom stereocenters. The Kier molecular flexibility index (Phi) is 12.2. The van der Waals surface area contributed by atoms with Crippen LogP contribution in [-0.2, 0) is 37.3 Å². The molecule has 0 spiro atoms. The average Bonchev–Trinajstić information content (AvgIpc) is 3.60. The second-order valence-corrected chi connectivity index (χ2v) is 17.2. The number of aromatic nitrogens is 2.